The molecule has 1 rings (SSSR count). The van der Waals surface area contributed by atoms with Crippen LogP contribution in [0.1, 0.15) is 56.5 Å². The van der Waals surface area contributed by atoms with Gasteiger partial charge in [-0.05, 0) is 30.5 Å². The first kappa shape index (κ1) is 17.4. The van der Waals surface area contributed by atoms with Crippen molar-refractivity contribution in [1.82, 2.24) is 21.3 Å². The summed E-state index contributed by atoms with van der Waals surface area (Å²) < 4.78 is 0. The van der Waals surface area contributed by atoms with Crippen molar-refractivity contribution < 1.29 is 10.0 Å². The summed E-state index contributed by atoms with van der Waals surface area (Å²) in [5.74, 6) is 0.398. The first-order valence-electron chi connectivity index (χ1n) is 7.05. The lowest BCUT2D eigenvalue weighted by Crippen LogP contribution is -2.38. The SMILES string of the molecule is CNCc1cc(C(C)C)c(NC(=O)NNO)c(C(C)C)n1. The number of carbonyl (C=O) groups excluding carboxylic acids is 1. The summed E-state index contributed by atoms with van der Waals surface area (Å²) in [6.45, 7) is 8.86. The second kappa shape index (κ2) is 7.92. The lowest BCUT2D eigenvalue weighted by Gasteiger charge is -2.21. The standard InChI is InChI=1S/C14H25N5O2/c1-8(2)11-6-10(7-15-5)16-12(9(3)4)13(11)17-14(20)18-19-21/h6,8-9,15,19,21H,7H2,1-5H3,(H2,17,18,20). The molecule has 0 fully saturated rings. The second-order valence-corrected chi connectivity index (χ2v) is 5.49. The van der Waals surface area contributed by atoms with Gasteiger partial charge in [0.2, 0.25) is 0 Å². The van der Waals surface area contributed by atoms with Gasteiger partial charge >= 0.3 is 6.03 Å². The number of hydrazine groups is 1. The minimum absolute atomic E-state index is 0.164. The van der Waals surface area contributed by atoms with Crippen LogP contribution in [0.5, 0.6) is 0 Å². The second-order valence-electron chi connectivity index (χ2n) is 5.49. The number of urea groups is 1. The lowest BCUT2D eigenvalue weighted by molar-refractivity contribution is 0.130. The Hall–Kier alpha value is -1.70. The maximum atomic E-state index is 11.7. The molecule has 0 bridgehead atoms. The summed E-state index contributed by atoms with van der Waals surface area (Å²) in [4.78, 5) is 16.3. The molecule has 0 aliphatic carbocycles. The molecule has 1 aromatic heterocycles. The van der Waals surface area contributed by atoms with Crippen LogP contribution in [0.25, 0.3) is 0 Å². The molecule has 7 nitrogen and oxygen atoms in total. The van der Waals surface area contributed by atoms with E-state index in [0.717, 1.165) is 17.0 Å². The van der Waals surface area contributed by atoms with Crippen molar-refractivity contribution in [2.24, 2.45) is 0 Å². The highest BCUT2D eigenvalue weighted by Crippen LogP contribution is 2.31. The molecular formula is C14H25N5O2. The minimum Gasteiger partial charge on any atom is -0.314 e. The first-order chi connectivity index (χ1) is 9.90. The van der Waals surface area contributed by atoms with E-state index in [4.69, 9.17) is 5.21 Å². The van der Waals surface area contributed by atoms with Crippen LogP contribution in [0.15, 0.2) is 6.07 Å². The average molecular weight is 295 g/mol. The zero-order valence-electron chi connectivity index (χ0n) is 13.2. The third-order valence-electron chi connectivity index (χ3n) is 3.07. The molecular weight excluding hydrogens is 270 g/mol. The van der Waals surface area contributed by atoms with E-state index in [-0.39, 0.29) is 11.8 Å². The Kier molecular flexibility index (Phi) is 6.54. The van der Waals surface area contributed by atoms with Crippen molar-refractivity contribution >= 4 is 11.7 Å². The van der Waals surface area contributed by atoms with Gasteiger partial charge < -0.3 is 10.6 Å². The number of hydrogen-bond acceptors (Lipinski definition) is 5. The van der Waals surface area contributed by atoms with Crippen LogP contribution >= 0.6 is 0 Å². The number of nitrogens with one attached hydrogen (secondary N) is 4. The molecule has 7 heteroatoms. The van der Waals surface area contributed by atoms with Gasteiger partial charge in [-0.3, -0.25) is 10.2 Å². The van der Waals surface area contributed by atoms with Gasteiger partial charge in [-0.2, -0.15) is 0 Å². The smallest absolute Gasteiger partial charge is 0.314 e. The summed E-state index contributed by atoms with van der Waals surface area (Å²) in [6.07, 6.45) is 0. The number of hydrogen-bond donors (Lipinski definition) is 5. The van der Waals surface area contributed by atoms with Gasteiger partial charge in [0.25, 0.3) is 0 Å². The third-order valence-corrected chi connectivity index (χ3v) is 3.07. The Bertz CT molecular complexity index is 459. The molecule has 5 N–H and O–H groups in total. The van der Waals surface area contributed by atoms with Gasteiger partial charge in [-0.1, -0.05) is 27.7 Å². The van der Waals surface area contributed by atoms with Crippen molar-refractivity contribution in [1.29, 1.82) is 0 Å². The monoisotopic (exact) mass is 295 g/mol. The summed E-state index contributed by atoms with van der Waals surface area (Å²) in [5.41, 5.74) is 7.20. The van der Waals surface area contributed by atoms with Crippen molar-refractivity contribution in [2.45, 2.75) is 46.1 Å². The molecule has 0 aliphatic rings. The summed E-state index contributed by atoms with van der Waals surface area (Å²) in [5, 5.41) is 14.4. The van der Waals surface area contributed by atoms with Crippen LogP contribution in [0.3, 0.4) is 0 Å². The molecule has 21 heavy (non-hydrogen) atoms. The van der Waals surface area contributed by atoms with Crippen molar-refractivity contribution in [3.63, 3.8) is 0 Å². The highest BCUT2D eigenvalue weighted by Gasteiger charge is 2.19. The van der Waals surface area contributed by atoms with Crippen LogP contribution in [0.4, 0.5) is 10.5 Å². The molecule has 2 amide bonds. The predicted octanol–water partition coefficient (Wildman–Crippen LogP) is 2.06. The molecule has 0 saturated heterocycles. The molecule has 1 heterocycles. The quantitative estimate of drug-likeness (QED) is 0.517. The molecule has 0 atom stereocenters. The number of carbonyl (C=O) groups is 1. The van der Waals surface area contributed by atoms with Crippen LogP contribution in [-0.4, -0.2) is 23.3 Å². The Morgan fingerprint density at radius 2 is 1.95 bits per heavy atom. The van der Waals surface area contributed by atoms with Gasteiger partial charge in [0, 0.05) is 6.54 Å². The fraction of sp³-hybridized carbons (Fsp3) is 0.571. The largest absolute Gasteiger partial charge is 0.335 e. The van der Waals surface area contributed by atoms with E-state index in [1.54, 1.807) is 5.59 Å². The topological polar surface area (TPSA) is 98.3 Å². The van der Waals surface area contributed by atoms with Gasteiger partial charge in [0.05, 0.1) is 17.1 Å². The van der Waals surface area contributed by atoms with E-state index in [2.05, 4.69) is 34.9 Å². The van der Waals surface area contributed by atoms with E-state index in [1.165, 1.54) is 0 Å². The van der Waals surface area contributed by atoms with Crippen LogP contribution < -0.4 is 21.6 Å². The summed E-state index contributed by atoms with van der Waals surface area (Å²) in [7, 11) is 1.87. The zero-order chi connectivity index (χ0) is 16.0. The number of amides is 2. The third kappa shape index (κ3) is 4.66. The number of rotatable bonds is 6. The van der Waals surface area contributed by atoms with E-state index in [9.17, 15) is 4.79 Å². The van der Waals surface area contributed by atoms with Crippen LogP contribution in [0.2, 0.25) is 0 Å². The maximum absolute atomic E-state index is 11.7. The van der Waals surface area contributed by atoms with E-state index < -0.39 is 6.03 Å². The zero-order valence-corrected chi connectivity index (χ0v) is 13.2. The Morgan fingerprint density at radius 3 is 2.43 bits per heavy atom. The van der Waals surface area contributed by atoms with Gasteiger partial charge in [-0.15, -0.1) is 5.59 Å². The van der Waals surface area contributed by atoms with Crippen LogP contribution in [-0.2, 0) is 6.54 Å². The number of anilines is 1. The van der Waals surface area contributed by atoms with Crippen LogP contribution in [0, 0.1) is 0 Å². The fourth-order valence-electron chi connectivity index (χ4n) is 2.12. The molecule has 0 radical (unpaired) electrons. The number of nitrogens with zero attached hydrogens (tertiary/aromatic N) is 1. The first-order valence-corrected chi connectivity index (χ1v) is 7.05. The van der Waals surface area contributed by atoms with Crippen molar-refractivity contribution in [3.05, 3.63) is 23.0 Å². The molecule has 118 valence electrons. The molecule has 0 unspecified atom stereocenters. The average Bonchev–Trinajstić information content (AvgIpc) is 2.40. The fourth-order valence-corrected chi connectivity index (χ4v) is 2.12. The number of pyridine rings is 1. The summed E-state index contributed by atoms with van der Waals surface area (Å²) in [6, 6.07) is 1.46. The molecule has 0 aromatic carbocycles. The van der Waals surface area contributed by atoms with E-state index in [0.29, 0.717) is 12.2 Å². The highest BCUT2D eigenvalue weighted by atomic mass is 16.5. The van der Waals surface area contributed by atoms with Crippen molar-refractivity contribution in [3.8, 4) is 0 Å². The molecule has 0 spiro atoms. The van der Waals surface area contributed by atoms with E-state index in [1.807, 2.05) is 27.0 Å². The highest BCUT2D eigenvalue weighted by molar-refractivity contribution is 5.90. The minimum atomic E-state index is -0.538. The lowest BCUT2D eigenvalue weighted by atomic mass is 9.96. The molecule has 0 aliphatic heterocycles. The van der Waals surface area contributed by atoms with E-state index >= 15 is 0 Å². The van der Waals surface area contributed by atoms with Crippen molar-refractivity contribution in [2.75, 3.05) is 12.4 Å². The summed E-state index contributed by atoms with van der Waals surface area (Å²) >= 11 is 0. The maximum Gasteiger partial charge on any atom is 0.335 e. The normalized spacial score (nSPS) is 11.0. The van der Waals surface area contributed by atoms with Gasteiger partial charge in [0.1, 0.15) is 0 Å². The van der Waals surface area contributed by atoms with Gasteiger partial charge in [-0.25, -0.2) is 10.2 Å². The van der Waals surface area contributed by atoms with Gasteiger partial charge in [0.15, 0.2) is 0 Å². The Morgan fingerprint density at radius 1 is 1.29 bits per heavy atom. The number of aromatic nitrogens is 1. The Balaban J connectivity index is 3.31. The predicted molar refractivity (Wildman–Crippen MR) is 82.3 cm³/mol. The Labute approximate surface area is 125 Å². The molecule has 0 saturated carbocycles. The molecule has 1 aromatic rings.